The van der Waals surface area contributed by atoms with Crippen LogP contribution in [-0.4, -0.2) is 17.7 Å². The van der Waals surface area contributed by atoms with Crippen molar-refractivity contribution < 1.29 is 9.53 Å². The second kappa shape index (κ2) is 5.83. The van der Waals surface area contributed by atoms with Crippen molar-refractivity contribution in [2.24, 2.45) is 5.73 Å². The average Bonchev–Trinajstić information content (AvgIpc) is 1.99. The number of nitrogens with one attached hydrogen (secondary N) is 1. The number of esters is 1. The summed E-state index contributed by atoms with van der Waals surface area (Å²) in [4.78, 5) is 10.9. The number of rotatable bonds is 4. The molecule has 0 aliphatic carbocycles. The summed E-state index contributed by atoms with van der Waals surface area (Å²) in [6.07, 6.45) is -0.175. The maximum absolute atomic E-state index is 10.9. The maximum atomic E-state index is 10.9. The van der Waals surface area contributed by atoms with Crippen LogP contribution in [-0.2, 0) is 9.53 Å². The maximum Gasteiger partial charge on any atom is 0.310 e. The normalized spacial score (nSPS) is 11.9. The standard InChI is InChI=1S/C7H10Cl2N2O2/c1-2-13-5(12)3-4(6(8)10)7(9)11/h10H,2-3,11H2,1H3/b7-4-,10-6?. The van der Waals surface area contributed by atoms with Gasteiger partial charge in [-0.3, -0.25) is 10.2 Å². The fraction of sp³-hybridized carbons (Fsp3) is 0.429. The van der Waals surface area contributed by atoms with Gasteiger partial charge in [0, 0.05) is 5.57 Å². The summed E-state index contributed by atoms with van der Waals surface area (Å²) in [5.74, 6) is -0.508. The number of hydrogen-bond donors (Lipinski definition) is 2. The molecule has 4 nitrogen and oxygen atoms in total. The van der Waals surface area contributed by atoms with Crippen LogP contribution in [0, 0.1) is 5.41 Å². The van der Waals surface area contributed by atoms with Gasteiger partial charge in [0.2, 0.25) is 0 Å². The largest absolute Gasteiger partial charge is 0.466 e. The molecule has 13 heavy (non-hydrogen) atoms. The minimum atomic E-state index is -0.508. The fourth-order valence-corrected chi connectivity index (χ4v) is 1.00. The van der Waals surface area contributed by atoms with Gasteiger partial charge in [-0.1, -0.05) is 23.2 Å². The molecule has 0 bridgehead atoms. The summed E-state index contributed by atoms with van der Waals surface area (Å²) in [5, 5.41) is 6.54. The molecule has 0 saturated heterocycles. The molecule has 0 aromatic rings. The predicted octanol–water partition coefficient (Wildman–Crippen LogP) is 1.56. The summed E-state index contributed by atoms with van der Waals surface area (Å²) < 4.78 is 4.63. The van der Waals surface area contributed by atoms with Gasteiger partial charge in [0.15, 0.2) is 0 Å². The molecule has 0 radical (unpaired) electrons. The van der Waals surface area contributed by atoms with Crippen molar-refractivity contribution in [1.82, 2.24) is 0 Å². The quantitative estimate of drug-likeness (QED) is 0.433. The molecule has 0 saturated carbocycles. The molecular weight excluding hydrogens is 215 g/mol. The molecule has 0 amide bonds. The van der Waals surface area contributed by atoms with E-state index in [-0.39, 0.29) is 28.9 Å². The smallest absolute Gasteiger partial charge is 0.310 e. The zero-order valence-corrected chi connectivity index (χ0v) is 8.58. The monoisotopic (exact) mass is 224 g/mol. The Hall–Kier alpha value is -0.740. The Morgan fingerprint density at radius 3 is 2.38 bits per heavy atom. The Kier molecular flexibility index (Phi) is 5.50. The van der Waals surface area contributed by atoms with Gasteiger partial charge in [0.1, 0.15) is 10.3 Å². The second-order valence-corrected chi connectivity index (χ2v) is 2.91. The van der Waals surface area contributed by atoms with Crippen molar-refractivity contribution in [2.75, 3.05) is 6.61 Å². The molecule has 0 aromatic carbocycles. The molecule has 0 heterocycles. The van der Waals surface area contributed by atoms with E-state index in [1.807, 2.05) is 0 Å². The van der Waals surface area contributed by atoms with E-state index < -0.39 is 5.97 Å². The van der Waals surface area contributed by atoms with Gasteiger partial charge in [-0.05, 0) is 6.92 Å². The van der Waals surface area contributed by atoms with Gasteiger partial charge in [0.25, 0.3) is 0 Å². The van der Waals surface area contributed by atoms with Crippen molar-refractivity contribution in [3.8, 4) is 0 Å². The number of nitrogens with two attached hydrogens (primary N) is 1. The molecule has 3 N–H and O–H groups in total. The molecule has 0 unspecified atom stereocenters. The molecule has 74 valence electrons. The van der Waals surface area contributed by atoms with Crippen LogP contribution in [0.1, 0.15) is 13.3 Å². The van der Waals surface area contributed by atoms with E-state index in [1.54, 1.807) is 6.92 Å². The van der Waals surface area contributed by atoms with Crippen molar-refractivity contribution in [2.45, 2.75) is 13.3 Å². The fourth-order valence-electron chi connectivity index (χ4n) is 0.623. The summed E-state index contributed by atoms with van der Waals surface area (Å²) in [6, 6.07) is 0. The first kappa shape index (κ1) is 12.3. The lowest BCUT2D eigenvalue weighted by Crippen LogP contribution is -2.11. The molecule has 0 fully saturated rings. The Morgan fingerprint density at radius 1 is 1.54 bits per heavy atom. The van der Waals surface area contributed by atoms with Gasteiger partial charge in [-0.25, -0.2) is 0 Å². The first-order chi connectivity index (χ1) is 5.99. The molecule has 0 spiro atoms. The predicted molar refractivity (Wildman–Crippen MR) is 51.9 cm³/mol. The Bertz CT molecular complexity index is 247. The van der Waals surface area contributed by atoms with E-state index in [0.29, 0.717) is 0 Å². The molecule has 0 atom stereocenters. The summed E-state index contributed by atoms with van der Waals surface area (Å²) in [6.45, 7) is 1.95. The van der Waals surface area contributed by atoms with Gasteiger partial charge in [-0.2, -0.15) is 0 Å². The summed E-state index contributed by atoms with van der Waals surface area (Å²) in [7, 11) is 0. The minimum Gasteiger partial charge on any atom is -0.466 e. The molecule has 0 rings (SSSR count). The minimum absolute atomic E-state index is 0.0850. The van der Waals surface area contributed by atoms with E-state index in [1.165, 1.54) is 0 Å². The van der Waals surface area contributed by atoms with Crippen molar-refractivity contribution in [3.05, 3.63) is 10.7 Å². The molecule has 0 aliphatic heterocycles. The topological polar surface area (TPSA) is 76.2 Å². The highest BCUT2D eigenvalue weighted by Crippen LogP contribution is 2.13. The van der Waals surface area contributed by atoms with Crippen LogP contribution in [0.3, 0.4) is 0 Å². The number of halogens is 2. The molecular formula is C7H10Cl2N2O2. The molecule has 0 aromatic heterocycles. The van der Waals surface area contributed by atoms with E-state index in [9.17, 15) is 4.79 Å². The van der Waals surface area contributed by atoms with Crippen LogP contribution in [0.25, 0.3) is 0 Å². The van der Waals surface area contributed by atoms with Gasteiger partial charge < -0.3 is 10.5 Å². The van der Waals surface area contributed by atoms with Crippen LogP contribution in [0.15, 0.2) is 10.7 Å². The number of hydrogen-bond acceptors (Lipinski definition) is 4. The number of carbonyl (C=O) groups excluding carboxylic acids is 1. The number of carbonyl (C=O) groups is 1. The highest BCUT2D eigenvalue weighted by atomic mass is 35.5. The third-order valence-electron chi connectivity index (χ3n) is 1.18. The Labute approximate surface area is 86.1 Å². The summed E-state index contributed by atoms with van der Waals surface area (Å²) >= 11 is 10.7. The SMILES string of the molecule is CCOC(=O)C/C(C(=N)Cl)=C(/N)Cl. The van der Waals surface area contributed by atoms with Crippen molar-refractivity contribution >= 4 is 34.3 Å². The molecule has 0 aliphatic rings. The highest BCUT2D eigenvalue weighted by Gasteiger charge is 2.12. The summed E-state index contributed by atoms with van der Waals surface area (Å²) in [5.41, 5.74) is 5.28. The van der Waals surface area contributed by atoms with Crippen molar-refractivity contribution in [1.29, 1.82) is 5.41 Å². The van der Waals surface area contributed by atoms with Crippen LogP contribution in [0.2, 0.25) is 0 Å². The third-order valence-corrected chi connectivity index (χ3v) is 1.64. The first-order valence-corrected chi connectivity index (χ1v) is 4.28. The lowest BCUT2D eigenvalue weighted by Gasteiger charge is -2.04. The third kappa shape index (κ3) is 4.75. The lowest BCUT2D eigenvalue weighted by atomic mass is 10.2. The van der Waals surface area contributed by atoms with Gasteiger partial charge in [0.05, 0.1) is 13.0 Å². The first-order valence-electron chi connectivity index (χ1n) is 3.53. The lowest BCUT2D eigenvalue weighted by molar-refractivity contribution is -0.142. The Balaban J connectivity index is 4.38. The van der Waals surface area contributed by atoms with Gasteiger partial charge >= 0.3 is 5.97 Å². The van der Waals surface area contributed by atoms with E-state index in [4.69, 9.17) is 34.3 Å². The van der Waals surface area contributed by atoms with Crippen LogP contribution >= 0.6 is 23.2 Å². The van der Waals surface area contributed by atoms with E-state index in [0.717, 1.165) is 0 Å². The highest BCUT2D eigenvalue weighted by molar-refractivity contribution is 6.69. The van der Waals surface area contributed by atoms with E-state index in [2.05, 4.69) is 4.74 Å². The van der Waals surface area contributed by atoms with Crippen molar-refractivity contribution in [3.63, 3.8) is 0 Å². The molecule has 6 heteroatoms. The van der Waals surface area contributed by atoms with Crippen LogP contribution in [0.5, 0.6) is 0 Å². The van der Waals surface area contributed by atoms with Crippen LogP contribution < -0.4 is 5.73 Å². The van der Waals surface area contributed by atoms with Crippen LogP contribution in [0.4, 0.5) is 0 Å². The number of ether oxygens (including phenoxy) is 1. The Morgan fingerprint density at radius 2 is 2.08 bits per heavy atom. The average molecular weight is 225 g/mol. The van der Waals surface area contributed by atoms with Gasteiger partial charge in [-0.15, -0.1) is 0 Å². The van der Waals surface area contributed by atoms with E-state index >= 15 is 0 Å². The second-order valence-electron chi connectivity index (χ2n) is 2.12. The zero-order valence-electron chi connectivity index (χ0n) is 7.06. The zero-order chi connectivity index (χ0) is 10.4.